The molecule has 2 N–H and O–H groups in total. The quantitative estimate of drug-likeness (QED) is 0.671. The third-order valence-electron chi connectivity index (χ3n) is 4.71. The Kier molecular flexibility index (Phi) is 6.71. The van der Waals surface area contributed by atoms with Gasteiger partial charge in [-0.25, -0.2) is 21.1 Å². The lowest BCUT2D eigenvalue weighted by molar-refractivity contribution is 0.0921. The van der Waals surface area contributed by atoms with Gasteiger partial charge in [0, 0.05) is 24.7 Å². The lowest BCUT2D eigenvalue weighted by atomic mass is 10.1. The summed E-state index contributed by atoms with van der Waals surface area (Å²) in [6.07, 6.45) is 2.41. The number of benzene rings is 2. The van der Waals surface area contributed by atoms with Crippen molar-refractivity contribution < 1.29 is 21.6 Å². The summed E-state index contributed by atoms with van der Waals surface area (Å²) in [5.74, 6) is -0.467. The first-order valence-electron chi connectivity index (χ1n) is 9.20. The molecule has 1 heterocycles. The highest BCUT2D eigenvalue weighted by Crippen LogP contribution is 2.24. The second kappa shape index (κ2) is 8.93. The van der Waals surface area contributed by atoms with Gasteiger partial charge < -0.3 is 5.32 Å². The zero-order valence-corrected chi connectivity index (χ0v) is 18.6. The van der Waals surface area contributed by atoms with E-state index < -0.39 is 26.0 Å². The van der Waals surface area contributed by atoms with Crippen molar-refractivity contribution in [1.29, 1.82) is 0 Å². The zero-order valence-electron chi connectivity index (χ0n) is 16.2. The van der Waals surface area contributed by atoms with Crippen LogP contribution in [-0.4, -0.2) is 52.4 Å². The van der Waals surface area contributed by atoms with E-state index in [2.05, 4.69) is 10.0 Å². The molecule has 0 saturated carbocycles. The third kappa shape index (κ3) is 5.51. The predicted molar refractivity (Wildman–Crippen MR) is 116 cm³/mol. The second-order valence-electron chi connectivity index (χ2n) is 7.05. The minimum atomic E-state index is -3.96. The molecule has 0 radical (unpaired) electrons. The van der Waals surface area contributed by atoms with Gasteiger partial charge >= 0.3 is 0 Å². The summed E-state index contributed by atoms with van der Waals surface area (Å²) in [5.41, 5.74) is 0.394. The van der Waals surface area contributed by atoms with Gasteiger partial charge in [0.25, 0.3) is 15.9 Å². The number of piperidine rings is 1. The van der Waals surface area contributed by atoms with Crippen LogP contribution in [0.1, 0.15) is 23.2 Å². The Hall–Kier alpha value is -2.14. The Balaban J connectivity index is 1.74. The summed E-state index contributed by atoms with van der Waals surface area (Å²) < 4.78 is 52.6. The third-order valence-corrected chi connectivity index (χ3v) is 7.68. The van der Waals surface area contributed by atoms with Gasteiger partial charge in [-0.1, -0.05) is 29.8 Å². The Morgan fingerprint density at radius 2 is 1.83 bits per heavy atom. The average molecular weight is 472 g/mol. The highest BCUT2D eigenvalue weighted by Gasteiger charge is 2.27. The lowest BCUT2D eigenvalue weighted by Crippen LogP contribution is -2.49. The van der Waals surface area contributed by atoms with Crippen molar-refractivity contribution in [3.05, 3.63) is 59.1 Å². The average Bonchev–Trinajstić information content (AvgIpc) is 2.69. The zero-order chi connectivity index (χ0) is 21.9. The molecule has 11 heteroatoms. The molecule has 1 aliphatic heterocycles. The summed E-state index contributed by atoms with van der Waals surface area (Å²) in [6.45, 7) is 0.614. The van der Waals surface area contributed by atoms with Gasteiger partial charge in [-0.3, -0.25) is 9.52 Å². The van der Waals surface area contributed by atoms with Crippen molar-refractivity contribution >= 4 is 43.2 Å². The van der Waals surface area contributed by atoms with Crippen LogP contribution in [0.4, 0.5) is 5.69 Å². The molecule has 162 valence electrons. The van der Waals surface area contributed by atoms with Crippen LogP contribution in [0, 0.1) is 0 Å². The minimum Gasteiger partial charge on any atom is -0.348 e. The molecule has 0 bridgehead atoms. The molecular weight excluding hydrogens is 450 g/mol. The maximum absolute atomic E-state index is 12.7. The van der Waals surface area contributed by atoms with E-state index >= 15 is 0 Å². The van der Waals surface area contributed by atoms with Crippen molar-refractivity contribution in [2.45, 2.75) is 23.8 Å². The first-order valence-corrected chi connectivity index (χ1v) is 12.9. The van der Waals surface area contributed by atoms with E-state index in [1.54, 1.807) is 18.2 Å². The second-order valence-corrected chi connectivity index (χ2v) is 11.1. The summed E-state index contributed by atoms with van der Waals surface area (Å²) in [7, 11) is -7.29. The van der Waals surface area contributed by atoms with Gasteiger partial charge in [0.2, 0.25) is 10.0 Å². The van der Waals surface area contributed by atoms with Crippen LogP contribution in [0.25, 0.3) is 0 Å². The predicted octanol–water partition coefficient (Wildman–Crippen LogP) is 2.29. The monoisotopic (exact) mass is 471 g/mol. The van der Waals surface area contributed by atoms with E-state index in [9.17, 15) is 21.6 Å². The number of halogens is 1. The topological polar surface area (TPSA) is 113 Å². The number of sulfonamides is 2. The van der Waals surface area contributed by atoms with E-state index in [0.717, 1.165) is 6.26 Å². The number of hydrogen-bond acceptors (Lipinski definition) is 5. The molecule has 1 saturated heterocycles. The number of carbonyl (C=O) groups is 1. The molecule has 0 aliphatic carbocycles. The normalized spacial score (nSPS) is 18.0. The van der Waals surface area contributed by atoms with Gasteiger partial charge in [-0.2, -0.15) is 0 Å². The van der Waals surface area contributed by atoms with Crippen LogP contribution < -0.4 is 10.0 Å². The first kappa shape index (κ1) is 22.5. The van der Waals surface area contributed by atoms with Gasteiger partial charge in [0.05, 0.1) is 21.9 Å². The molecule has 1 atom stereocenters. The smallest absolute Gasteiger partial charge is 0.261 e. The van der Waals surface area contributed by atoms with E-state index in [1.807, 2.05) is 0 Å². The molecule has 3 rings (SSSR count). The van der Waals surface area contributed by atoms with Crippen molar-refractivity contribution in [2.24, 2.45) is 0 Å². The van der Waals surface area contributed by atoms with Crippen LogP contribution in [0.5, 0.6) is 0 Å². The molecule has 0 spiro atoms. The van der Waals surface area contributed by atoms with Crippen molar-refractivity contribution in [3.63, 3.8) is 0 Å². The van der Waals surface area contributed by atoms with Crippen LogP contribution >= 0.6 is 11.6 Å². The Bertz CT molecular complexity index is 1150. The number of nitrogens with one attached hydrogen (secondary N) is 2. The summed E-state index contributed by atoms with van der Waals surface area (Å²) in [5, 5.41) is 3.05. The SMILES string of the molecule is CS(=O)(=O)N1CCCC(NC(=O)c2cccc(S(=O)(=O)Nc3ccccc3Cl)c2)C1. The van der Waals surface area contributed by atoms with Crippen molar-refractivity contribution in [3.8, 4) is 0 Å². The standard InChI is InChI=1S/C19H22ClN3O5S2/c1-29(25,26)23-11-5-7-15(13-23)21-19(24)14-6-4-8-16(12-14)30(27,28)22-18-10-3-2-9-17(18)20/h2-4,6,8-10,12,15,22H,5,7,11,13H2,1H3,(H,21,24). The molecule has 1 amide bonds. The molecule has 2 aromatic rings. The summed E-state index contributed by atoms with van der Waals surface area (Å²) in [4.78, 5) is 12.6. The molecule has 30 heavy (non-hydrogen) atoms. The lowest BCUT2D eigenvalue weighted by Gasteiger charge is -2.31. The molecule has 2 aromatic carbocycles. The minimum absolute atomic E-state index is 0.0866. The number of amides is 1. The van der Waals surface area contributed by atoms with Crippen LogP contribution in [0.15, 0.2) is 53.4 Å². The maximum atomic E-state index is 12.7. The summed E-state index contributed by atoms with van der Waals surface area (Å²) in [6, 6.07) is 11.7. The fraction of sp³-hybridized carbons (Fsp3) is 0.316. The van der Waals surface area contributed by atoms with Crippen molar-refractivity contribution in [1.82, 2.24) is 9.62 Å². The van der Waals surface area contributed by atoms with Gasteiger partial charge in [0.15, 0.2) is 0 Å². The summed E-state index contributed by atoms with van der Waals surface area (Å²) >= 11 is 6.01. The van der Waals surface area contributed by atoms with Gasteiger partial charge in [0.1, 0.15) is 0 Å². The molecule has 1 unspecified atom stereocenters. The number of carbonyl (C=O) groups excluding carboxylic acids is 1. The number of hydrogen-bond donors (Lipinski definition) is 2. The fourth-order valence-corrected chi connectivity index (χ4v) is 5.46. The molecule has 0 aromatic heterocycles. The number of rotatable bonds is 6. The van der Waals surface area contributed by atoms with Gasteiger partial charge in [-0.15, -0.1) is 0 Å². The first-order chi connectivity index (χ1) is 14.1. The van der Waals surface area contributed by atoms with E-state index in [0.29, 0.717) is 19.4 Å². The fourth-order valence-electron chi connectivity index (χ4n) is 3.18. The molecule has 8 nitrogen and oxygen atoms in total. The molecular formula is C19H22ClN3O5S2. The Morgan fingerprint density at radius 1 is 1.10 bits per heavy atom. The number of nitrogens with zero attached hydrogens (tertiary/aromatic N) is 1. The van der Waals surface area contributed by atoms with Crippen molar-refractivity contribution in [2.75, 3.05) is 24.1 Å². The van der Waals surface area contributed by atoms with E-state index in [-0.39, 0.29) is 33.8 Å². The highest BCUT2D eigenvalue weighted by atomic mass is 35.5. The molecule has 1 fully saturated rings. The number of para-hydroxylation sites is 1. The highest BCUT2D eigenvalue weighted by molar-refractivity contribution is 7.92. The van der Waals surface area contributed by atoms with Gasteiger partial charge in [-0.05, 0) is 43.2 Å². The maximum Gasteiger partial charge on any atom is 0.261 e. The Labute approximate surface area is 181 Å². The Morgan fingerprint density at radius 3 is 2.53 bits per heavy atom. The van der Waals surface area contributed by atoms with Crippen LogP contribution in [0.2, 0.25) is 5.02 Å². The largest absolute Gasteiger partial charge is 0.348 e. The molecule has 1 aliphatic rings. The van der Waals surface area contributed by atoms with E-state index in [1.165, 1.54) is 34.6 Å². The van der Waals surface area contributed by atoms with Crippen LogP contribution in [0.3, 0.4) is 0 Å². The number of anilines is 1. The van der Waals surface area contributed by atoms with E-state index in [4.69, 9.17) is 11.6 Å². The van der Waals surface area contributed by atoms with Crippen LogP contribution in [-0.2, 0) is 20.0 Å².